The molecule has 0 spiro atoms. The van der Waals surface area contributed by atoms with Crippen LogP contribution in [-0.2, 0) is 0 Å². The minimum Gasteiger partial charge on any atom is -0.311 e. The van der Waals surface area contributed by atoms with Gasteiger partial charge in [0.15, 0.2) is 6.30 Å². The third-order valence-corrected chi connectivity index (χ3v) is 1.40. The summed E-state index contributed by atoms with van der Waals surface area (Å²) in [5, 5.41) is 9.40. The topological polar surface area (TPSA) is 23.5 Å². The maximum Gasteiger partial charge on any atom is 0.175 e. The van der Waals surface area contributed by atoms with Crippen LogP contribution in [0.5, 0.6) is 0 Å². The highest BCUT2D eigenvalue weighted by Crippen LogP contribution is 2.14. The average Bonchev–Trinajstić information content (AvgIpc) is 1.77. The summed E-state index contributed by atoms with van der Waals surface area (Å²) in [6.45, 7) is 0.487. The smallest absolute Gasteiger partial charge is 0.175 e. The molecule has 0 bridgehead atoms. The molecule has 3 heteroatoms. The molecule has 0 radical (unpaired) electrons. The van der Waals surface area contributed by atoms with Gasteiger partial charge < -0.3 is 5.21 Å². The molecule has 8 heavy (non-hydrogen) atoms. The Morgan fingerprint density at radius 2 is 2.25 bits per heavy atom. The minimum absolute atomic E-state index is 0.483. The monoisotopic (exact) mass is 119 g/mol. The minimum atomic E-state index is -1.11. The van der Waals surface area contributed by atoms with Gasteiger partial charge in [0.1, 0.15) is 0 Å². The molecule has 48 valence electrons. The van der Waals surface area contributed by atoms with Gasteiger partial charge in [-0.05, 0) is 19.3 Å². The van der Waals surface area contributed by atoms with E-state index in [9.17, 15) is 4.39 Å². The second kappa shape index (κ2) is 2.42. The van der Waals surface area contributed by atoms with Crippen molar-refractivity contribution in [3.8, 4) is 0 Å². The molecular weight excluding hydrogens is 109 g/mol. The molecule has 0 aromatic rings. The van der Waals surface area contributed by atoms with Gasteiger partial charge in [0, 0.05) is 6.54 Å². The summed E-state index contributed by atoms with van der Waals surface area (Å²) in [4.78, 5) is 0. The summed E-state index contributed by atoms with van der Waals surface area (Å²) in [5.74, 6) is 0. The largest absolute Gasteiger partial charge is 0.311 e. The third kappa shape index (κ3) is 1.17. The van der Waals surface area contributed by atoms with Gasteiger partial charge in [0.2, 0.25) is 0 Å². The van der Waals surface area contributed by atoms with Crippen LogP contribution in [0.15, 0.2) is 0 Å². The van der Waals surface area contributed by atoms with Crippen molar-refractivity contribution in [1.82, 2.24) is 5.06 Å². The lowest BCUT2D eigenvalue weighted by molar-refractivity contribution is -0.181. The Bertz CT molecular complexity index is 68.8. The first-order valence-electron chi connectivity index (χ1n) is 2.90. The number of nitrogens with zero attached hydrogens (tertiary/aromatic N) is 1. The summed E-state index contributed by atoms with van der Waals surface area (Å²) < 4.78 is 12.3. The average molecular weight is 119 g/mol. The molecule has 1 N–H and O–H groups in total. The van der Waals surface area contributed by atoms with Crippen LogP contribution in [0, 0.1) is 0 Å². The fourth-order valence-electron chi connectivity index (χ4n) is 0.876. The summed E-state index contributed by atoms with van der Waals surface area (Å²) in [7, 11) is 0. The molecule has 0 saturated carbocycles. The lowest BCUT2D eigenvalue weighted by Gasteiger charge is -2.23. The predicted octanol–water partition coefficient (Wildman–Crippen LogP) is 1.16. The number of halogens is 1. The zero-order chi connectivity index (χ0) is 5.98. The van der Waals surface area contributed by atoms with E-state index in [2.05, 4.69) is 0 Å². The van der Waals surface area contributed by atoms with Gasteiger partial charge >= 0.3 is 0 Å². The second-order valence-electron chi connectivity index (χ2n) is 2.09. The van der Waals surface area contributed by atoms with Crippen LogP contribution in [0.1, 0.15) is 19.3 Å². The van der Waals surface area contributed by atoms with Gasteiger partial charge in [-0.1, -0.05) is 0 Å². The Morgan fingerprint density at radius 1 is 1.50 bits per heavy atom. The Morgan fingerprint density at radius 3 is 2.62 bits per heavy atom. The van der Waals surface area contributed by atoms with E-state index in [1.807, 2.05) is 0 Å². The van der Waals surface area contributed by atoms with E-state index in [4.69, 9.17) is 5.21 Å². The van der Waals surface area contributed by atoms with Crippen LogP contribution in [0.25, 0.3) is 0 Å². The highest BCUT2D eigenvalue weighted by Gasteiger charge is 2.18. The van der Waals surface area contributed by atoms with Crippen molar-refractivity contribution in [2.75, 3.05) is 6.54 Å². The molecule has 1 heterocycles. The Hall–Kier alpha value is -0.150. The van der Waals surface area contributed by atoms with Crippen molar-refractivity contribution < 1.29 is 9.60 Å². The summed E-state index contributed by atoms with van der Waals surface area (Å²) >= 11 is 0. The Balaban J connectivity index is 2.28. The quantitative estimate of drug-likeness (QED) is 0.483. The van der Waals surface area contributed by atoms with Gasteiger partial charge in [-0.25, -0.2) is 4.39 Å². The van der Waals surface area contributed by atoms with Crippen LogP contribution in [-0.4, -0.2) is 23.1 Å². The number of piperidine rings is 1. The fourth-order valence-corrected chi connectivity index (χ4v) is 0.876. The van der Waals surface area contributed by atoms with Gasteiger partial charge in [-0.3, -0.25) is 0 Å². The molecule has 1 unspecified atom stereocenters. The maximum absolute atomic E-state index is 12.3. The summed E-state index contributed by atoms with van der Waals surface area (Å²) in [5.41, 5.74) is 0. The normalized spacial score (nSPS) is 33.0. The molecule has 1 aliphatic rings. The van der Waals surface area contributed by atoms with Crippen LogP contribution in [0.4, 0.5) is 4.39 Å². The second-order valence-corrected chi connectivity index (χ2v) is 2.09. The first kappa shape index (κ1) is 5.98. The standard InChI is InChI=1S/C5H10FNO/c6-5-3-1-2-4-7(5)8/h5,8H,1-4H2. The van der Waals surface area contributed by atoms with E-state index < -0.39 is 6.30 Å². The van der Waals surface area contributed by atoms with E-state index in [0.29, 0.717) is 13.0 Å². The molecule has 1 atom stereocenters. The van der Waals surface area contributed by atoms with E-state index >= 15 is 0 Å². The van der Waals surface area contributed by atoms with E-state index in [0.717, 1.165) is 17.9 Å². The molecule has 0 amide bonds. The number of rotatable bonds is 0. The van der Waals surface area contributed by atoms with Gasteiger partial charge in [-0.2, -0.15) is 5.06 Å². The predicted molar refractivity (Wildman–Crippen MR) is 27.2 cm³/mol. The number of alkyl halides is 1. The summed E-state index contributed by atoms with van der Waals surface area (Å²) in [6, 6.07) is 0. The van der Waals surface area contributed by atoms with Crippen molar-refractivity contribution >= 4 is 0 Å². The van der Waals surface area contributed by atoms with Crippen LogP contribution in [0.3, 0.4) is 0 Å². The van der Waals surface area contributed by atoms with Crippen LogP contribution in [0.2, 0.25) is 0 Å². The zero-order valence-corrected chi connectivity index (χ0v) is 4.68. The Kier molecular flexibility index (Phi) is 1.81. The van der Waals surface area contributed by atoms with Gasteiger partial charge in [0.25, 0.3) is 0 Å². The molecule has 1 saturated heterocycles. The Labute approximate surface area is 47.9 Å². The lowest BCUT2D eigenvalue weighted by Crippen LogP contribution is -2.33. The van der Waals surface area contributed by atoms with Crippen molar-refractivity contribution in [1.29, 1.82) is 0 Å². The molecule has 1 aliphatic heterocycles. The maximum atomic E-state index is 12.3. The van der Waals surface area contributed by atoms with Crippen LogP contribution >= 0.6 is 0 Å². The first-order valence-corrected chi connectivity index (χ1v) is 2.90. The van der Waals surface area contributed by atoms with E-state index in [1.165, 1.54) is 0 Å². The summed E-state index contributed by atoms with van der Waals surface area (Å²) in [6.07, 6.45) is 1.19. The molecule has 1 fully saturated rings. The number of hydroxylamine groups is 2. The van der Waals surface area contributed by atoms with Gasteiger partial charge in [0.05, 0.1) is 0 Å². The molecular formula is C5H10FNO. The van der Waals surface area contributed by atoms with Crippen molar-refractivity contribution in [2.45, 2.75) is 25.6 Å². The van der Waals surface area contributed by atoms with E-state index in [1.54, 1.807) is 0 Å². The third-order valence-electron chi connectivity index (χ3n) is 1.40. The fraction of sp³-hybridized carbons (Fsp3) is 1.00. The highest BCUT2D eigenvalue weighted by atomic mass is 19.1. The molecule has 0 aromatic heterocycles. The van der Waals surface area contributed by atoms with Crippen molar-refractivity contribution in [3.63, 3.8) is 0 Å². The number of hydrogen-bond donors (Lipinski definition) is 1. The molecule has 0 aromatic carbocycles. The number of hydrogen-bond acceptors (Lipinski definition) is 2. The first-order chi connectivity index (χ1) is 3.80. The van der Waals surface area contributed by atoms with E-state index in [-0.39, 0.29) is 0 Å². The van der Waals surface area contributed by atoms with Crippen molar-refractivity contribution in [2.24, 2.45) is 0 Å². The molecule has 1 rings (SSSR count). The highest BCUT2D eigenvalue weighted by molar-refractivity contribution is 4.59. The van der Waals surface area contributed by atoms with Crippen LogP contribution < -0.4 is 0 Å². The molecule has 2 nitrogen and oxygen atoms in total. The lowest BCUT2D eigenvalue weighted by atomic mass is 10.1. The van der Waals surface area contributed by atoms with Crippen molar-refractivity contribution in [3.05, 3.63) is 0 Å². The van der Waals surface area contributed by atoms with Gasteiger partial charge in [-0.15, -0.1) is 0 Å². The zero-order valence-electron chi connectivity index (χ0n) is 4.68. The molecule has 0 aliphatic carbocycles. The SMILES string of the molecule is ON1CCCCC1F.